The maximum Gasteiger partial charge on any atom is 0.249 e. The number of hydrogen-bond acceptors (Lipinski definition) is 7. The molecule has 1 saturated heterocycles. The highest BCUT2D eigenvalue weighted by Crippen LogP contribution is 2.31. The Bertz CT molecular complexity index is 1140. The Morgan fingerprint density at radius 3 is 2.69 bits per heavy atom. The summed E-state index contributed by atoms with van der Waals surface area (Å²) in [7, 11) is 1.58. The quantitative estimate of drug-likeness (QED) is 0.407. The van der Waals surface area contributed by atoms with Gasteiger partial charge in [0.2, 0.25) is 11.9 Å². The van der Waals surface area contributed by atoms with Crippen molar-refractivity contribution in [2.75, 3.05) is 25.5 Å². The summed E-state index contributed by atoms with van der Waals surface area (Å²) in [5.74, 6) is -1.20. The number of halogens is 2. The first-order chi connectivity index (χ1) is 15.5. The molecule has 2 N–H and O–H groups in total. The molecule has 0 bridgehead atoms. The molecule has 1 amide bonds. The number of carbonyl (C=O) groups excluding carboxylic acids is 1. The normalized spacial score (nSPS) is 17.0. The molecular weight excluding hydrogens is 422 g/mol. The third-order valence-electron chi connectivity index (χ3n) is 5.57. The number of amides is 1. The Kier molecular flexibility index (Phi) is 5.55. The van der Waals surface area contributed by atoms with Gasteiger partial charge in [0.1, 0.15) is 17.7 Å². The predicted octanol–water partition coefficient (Wildman–Crippen LogP) is 2.29. The predicted molar refractivity (Wildman–Crippen MR) is 110 cm³/mol. The van der Waals surface area contributed by atoms with Gasteiger partial charge in [-0.2, -0.15) is 10.5 Å². The second kappa shape index (κ2) is 8.51. The number of likely N-dealkylation sites (tertiary alicyclic amines) is 1. The second-order valence-corrected chi connectivity index (χ2v) is 8.01. The van der Waals surface area contributed by atoms with Crippen molar-refractivity contribution < 1.29 is 23.5 Å². The monoisotopic (exact) mass is 444 g/mol. The largest absolute Gasteiger partial charge is 0.293 e. The zero-order valence-corrected chi connectivity index (χ0v) is 17.3. The lowest BCUT2D eigenvalue weighted by atomic mass is 10.0. The van der Waals surface area contributed by atoms with Gasteiger partial charge in [0, 0.05) is 49.9 Å². The summed E-state index contributed by atoms with van der Waals surface area (Å²) < 4.78 is 31.2. The van der Waals surface area contributed by atoms with E-state index in [1.807, 2.05) is 4.90 Å². The summed E-state index contributed by atoms with van der Waals surface area (Å²) in [6.07, 6.45) is 3.25. The van der Waals surface area contributed by atoms with Gasteiger partial charge < -0.3 is 0 Å². The first kappa shape index (κ1) is 20.9. The lowest BCUT2D eigenvalue weighted by Gasteiger charge is -2.37. The number of rotatable bonds is 8. The van der Waals surface area contributed by atoms with Crippen LogP contribution >= 0.6 is 0 Å². The van der Waals surface area contributed by atoms with Crippen LogP contribution < -0.4 is 10.8 Å². The van der Waals surface area contributed by atoms with E-state index < -0.39 is 11.6 Å². The van der Waals surface area contributed by atoms with Gasteiger partial charge in [0.25, 0.3) is 0 Å². The summed E-state index contributed by atoms with van der Waals surface area (Å²) in [4.78, 5) is 27.9. The lowest BCUT2D eigenvalue weighted by molar-refractivity contribution is -0.374. The maximum atomic E-state index is 14.9. The van der Waals surface area contributed by atoms with E-state index >= 15 is 0 Å². The van der Waals surface area contributed by atoms with Crippen molar-refractivity contribution in [3.05, 3.63) is 47.7 Å². The van der Waals surface area contributed by atoms with E-state index in [4.69, 9.17) is 4.89 Å². The van der Waals surface area contributed by atoms with Gasteiger partial charge in [-0.1, -0.05) is 0 Å². The molecule has 2 fully saturated rings. The zero-order chi connectivity index (χ0) is 22.2. The summed E-state index contributed by atoms with van der Waals surface area (Å²) in [6.45, 7) is 1.15. The highest BCUT2D eigenvalue weighted by molar-refractivity contribution is 5.93. The highest BCUT2D eigenvalue weighted by Gasteiger charge is 2.31. The molecule has 1 aliphatic carbocycles. The van der Waals surface area contributed by atoms with Crippen molar-refractivity contribution in [1.29, 1.82) is 0 Å². The van der Waals surface area contributed by atoms with Crippen LogP contribution in [0.2, 0.25) is 0 Å². The van der Waals surface area contributed by atoms with Gasteiger partial charge in [-0.05, 0) is 42.7 Å². The van der Waals surface area contributed by atoms with Crippen molar-refractivity contribution in [2.24, 2.45) is 5.92 Å². The summed E-state index contributed by atoms with van der Waals surface area (Å²) in [5, 5.41) is 6.95. The molecule has 11 heteroatoms. The molecule has 0 atom stereocenters. The lowest BCUT2D eigenvalue weighted by Crippen LogP contribution is -2.52. The number of anilines is 1. The van der Waals surface area contributed by atoms with E-state index in [-0.39, 0.29) is 36.0 Å². The number of carbonyl (C=O) groups is 1. The molecular formula is C21H22F2N6O3. The van der Waals surface area contributed by atoms with E-state index in [1.54, 1.807) is 25.4 Å². The molecule has 32 heavy (non-hydrogen) atoms. The fraction of sp³-hybridized carbons (Fsp3) is 0.381. The molecule has 5 rings (SSSR count). The average molecular weight is 444 g/mol. The Morgan fingerprint density at radius 2 is 2.00 bits per heavy atom. The van der Waals surface area contributed by atoms with Crippen LogP contribution in [0.25, 0.3) is 16.8 Å². The minimum absolute atomic E-state index is 0.00691. The van der Waals surface area contributed by atoms with Gasteiger partial charge in [-0.3, -0.25) is 15.0 Å². The number of pyridine rings is 1. The Balaban J connectivity index is 1.35. The van der Waals surface area contributed by atoms with Crippen molar-refractivity contribution in [3.63, 3.8) is 0 Å². The van der Waals surface area contributed by atoms with Crippen LogP contribution in [0.5, 0.6) is 0 Å². The van der Waals surface area contributed by atoms with Crippen molar-refractivity contribution in [1.82, 2.24) is 25.0 Å². The molecule has 2 aliphatic rings. The summed E-state index contributed by atoms with van der Waals surface area (Å²) in [5.41, 5.74) is 3.66. The van der Waals surface area contributed by atoms with Gasteiger partial charge in [0.15, 0.2) is 5.65 Å². The molecule has 1 saturated carbocycles. The fourth-order valence-electron chi connectivity index (χ4n) is 3.70. The van der Waals surface area contributed by atoms with Crippen LogP contribution in [-0.2, 0) is 21.2 Å². The Morgan fingerprint density at radius 1 is 1.25 bits per heavy atom. The molecule has 1 aliphatic heterocycles. The van der Waals surface area contributed by atoms with Crippen LogP contribution in [0.4, 0.5) is 14.7 Å². The maximum absolute atomic E-state index is 14.9. The minimum Gasteiger partial charge on any atom is -0.293 e. The Labute approximate surface area is 182 Å². The number of hydrogen-bond donors (Lipinski definition) is 2. The zero-order valence-electron chi connectivity index (χ0n) is 17.3. The van der Waals surface area contributed by atoms with Gasteiger partial charge in [-0.15, -0.1) is 10.1 Å². The number of nitrogens with zero attached hydrogens (tertiary/aromatic N) is 4. The van der Waals surface area contributed by atoms with Crippen LogP contribution in [0, 0.1) is 17.6 Å². The molecule has 0 spiro atoms. The van der Waals surface area contributed by atoms with Gasteiger partial charge >= 0.3 is 0 Å². The van der Waals surface area contributed by atoms with E-state index in [0.717, 1.165) is 12.8 Å². The number of fused-ring (bicyclic) bond motifs is 1. The van der Waals surface area contributed by atoms with E-state index in [0.29, 0.717) is 29.9 Å². The van der Waals surface area contributed by atoms with E-state index in [9.17, 15) is 13.6 Å². The minimum atomic E-state index is -0.639. The third-order valence-corrected chi connectivity index (χ3v) is 5.57. The van der Waals surface area contributed by atoms with Crippen molar-refractivity contribution >= 4 is 17.5 Å². The summed E-state index contributed by atoms with van der Waals surface area (Å²) in [6, 6.07) is 6.01. The standard InChI is InChI=1S/C21H22F2N6O3/c1-24-32-31-14-9-28(10-14)11-16-17(22)7-13(8-18(16)23)15-3-2-6-29-19(15)25-21(27-29)26-20(30)12-4-5-12/h2-3,6-8,12,14,24H,4-5,9-11H2,1H3,(H,26,27,30). The number of aromatic nitrogens is 3. The number of benzene rings is 1. The first-order valence-corrected chi connectivity index (χ1v) is 10.4. The molecule has 0 radical (unpaired) electrons. The molecule has 9 nitrogen and oxygen atoms in total. The Hall–Kier alpha value is -2.99. The van der Waals surface area contributed by atoms with Gasteiger partial charge in [0.05, 0.1) is 0 Å². The molecule has 0 unspecified atom stereocenters. The van der Waals surface area contributed by atoms with Crippen molar-refractivity contribution in [3.8, 4) is 11.1 Å². The van der Waals surface area contributed by atoms with E-state index in [1.165, 1.54) is 16.6 Å². The first-order valence-electron chi connectivity index (χ1n) is 10.4. The summed E-state index contributed by atoms with van der Waals surface area (Å²) >= 11 is 0. The smallest absolute Gasteiger partial charge is 0.249 e. The number of hydroxylamine groups is 1. The third kappa shape index (κ3) is 4.19. The molecule has 168 valence electrons. The number of nitrogens with one attached hydrogen (secondary N) is 2. The molecule has 3 heterocycles. The average Bonchev–Trinajstić information content (AvgIpc) is 3.51. The second-order valence-electron chi connectivity index (χ2n) is 8.01. The topological polar surface area (TPSA) is 93.0 Å². The van der Waals surface area contributed by atoms with E-state index in [2.05, 4.69) is 25.9 Å². The molecule has 2 aromatic heterocycles. The molecule has 3 aromatic rings. The molecule has 1 aromatic carbocycles. The fourth-order valence-corrected chi connectivity index (χ4v) is 3.70. The SMILES string of the molecule is CNOOC1CN(Cc2c(F)cc(-c3cccn4nc(NC(=O)C5CC5)nc34)cc2F)C1. The van der Waals surface area contributed by atoms with Crippen LogP contribution in [0.15, 0.2) is 30.5 Å². The van der Waals surface area contributed by atoms with Gasteiger partial charge in [-0.25, -0.2) is 18.2 Å². The highest BCUT2D eigenvalue weighted by atomic mass is 19.1. The van der Waals surface area contributed by atoms with Crippen LogP contribution in [0.1, 0.15) is 18.4 Å². The van der Waals surface area contributed by atoms with Crippen LogP contribution in [0.3, 0.4) is 0 Å². The van der Waals surface area contributed by atoms with Crippen LogP contribution in [-0.4, -0.2) is 51.6 Å². The van der Waals surface area contributed by atoms with Crippen molar-refractivity contribution in [2.45, 2.75) is 25.5 Å².